The van der Waals surface area contributed by atoms with Gasteiger partial charge in [0.1, 0.15) is 0 Å². The molecule has 6 nitrogen and oxygen atoms in total. The molecule has 0 spiro atoms. The molecule has 0 saturated heterocycles. The average molecular weight is 479 g/mol. The summed E-state index contributed by atoms with van der Waals surface area (Å²) < 4.78 is 33.2. The molecule has 172 valence electrons. The first kappa shape index (κ1) is 22.0. The number of carbonyl (C=O) groups is 1. The molecular weight excluding hydrogens is 458 g/mol. The first-order valence-electron chi connectivity index (χ1n) is 10.7. The lowest BCUT2D eigenvalue weighted by molar-refractivity contribution is 0.244. The highest BCUT2D eigenvalue weighted by atomic mass is 32.1. The number of amides is 2. The zero-order valence-corrected chi connectivity index (χ0v) is 19.2. The van der Waals surface area contributed by atoms with Crippen LogP contribution in [0.4, 0.5) is 19.3 Å². The lowest BCUT2D eigenvalue weighted by Gasteiger charge is -2.35. The summed E-state index contributed by atoms with van der Waals surface area (Å²) in [6, 6.07) is 13.9. The molecule has 5 rings (SSSR count). The second kappa shape index (κ2) is 8.83. The minimum atomic E-state index is -1.05. The number of aryl methyl sites for hydroxylation is 1. The van der Waals surface area contributed by atoms with E-state index in [9.17, 15) is 13.6 Å². The number of halogens is 2. The topological polar surface area (TPSA) is 71.3 Å². The highest BCUT2D eigenvalue weighted by Crippen LogP contribution is 2.39. The second-order valence-corrected chi connectivity index (χ2v) is 8.76. The van der Waals surface area contributed by atoms with Crippen molar-refractivity contribution in [2.24, 2.45) is 0 Å². The SMILES string of the molecule is CCc1ccc(C2NC(=O)N(c3ccc(F)c(F)c3)C(C)=C2c2nc(-c3cccs3)no2)cc1. The van der Waals surface area contributed by atoms with Gasteiger partial charge in [-0.15, -0.1) is 11.3 Å². The number of thiophene rings is 1. The smallest absolute Gasteiger partial charge is 0.327 e. The Morgan fingerprint density at radius 2 is 1.91 bits per heavy atom. The van der Waals surface area contributed by atoms with Gasteiger partial charge in [-0.3, -0.25) is 4.90 Å². The van der Waals surface area contributed by atoms with E-state index < -0.39 is 23.7 Å². The maximum Gasteiger partial charge on any atom is 0.327 e. The Morgan fingerprint density at radius 1 is 1.12 bits per heavy atom. The van der Waals surface area contributed by atoms with Crippen molar-refractivity contribution in [1.29, 1.82) is 0 Å². The summed E-state index contributed by atoms with van der Waals surface area (Å²) in [5.74, 6) is -1.37. The van der Waals surface area contributed by atoms with E-state index in [1.165, 1.54) is 22.3 Å². The number of hydrogen-bond donors (Lipinski definition) is 1. The van der Waals surface area contributed by atoms with Crippen molar-refractivity contribution in [2.75, 3.05) is 4.90 Å². The summed E-state index contributed by atoms with van der Waals surface area (Å²) in [7, 11) is 0. The van der Waals surface area contributed by atoms with Gasteiger partial charge in [-0.05, 0) is 48.1 Å². The summed E-state index contributed by atoms with van der Waals surface area (Å²) >= 11 is 1.48. The van der Waals surface area contributed by atoms with Crippen molar-refractivity contribution in [1.82, 2.24) is 15.5 Å². The number of carbonyl (C=O) groups excluding carboxylic acids is 1. The van der Waals surface area contributed by atoms with Crippen molar-refractivity contribution in [3.8, 4) is 10.7 Å². The summed E-state index contributed by atoms with van der Waals surface area (Å²) in [5.41, 5.74) is 3.23. The van der Waals surface area contributed by atoms with Gasteiger partial charge in [-0.25, -0.2) is 13.6 Å². The van der Waals surface area contributed by atoms with E-state index in [2.05, 4.69) is 22.4 Å². The van der Waals surface area contributed by atoms with E-state index in [0.29, 0.717) is 17.1 Å². The van der Waals surface area contributed by atoms with Gasteiger partial charge in [-0.2, -0.15) is 4.98 Å². The Morgan fingerprint density at radius 3 is 2.59 bits per heavy atom. The summed E-state index contributed by atoms with van der Waals surface area (Å²) in [4.78, 5) is 19.9. The molecule has 0 bridgehead atoms. The highest BCUT2D eigenvalue weighted by molar-refractivity contribution is 7.13. The quantitative estimate of drug-likeness (QED) is 0.363. The van der Waals surface area contributed by atoms with Gasteiger partial charge in [0, 0.05) is 11.8 Å². The van der Waals surface area contributed by atoms with E-state index in [4.69, 9.17) is 4.52 Å². The summed E-state index contributed by atoms with van der Waals surface area (Å²) in [6.45, 7) is 3.79. The average Bonchev–Trinajstić information content (AvgIpc) is 3.53. The molecule has 3 heterocycles. The number of nitrogens with zero attached hydrogens (tertiary/aromatic N) is 3. The van der Waals surface area contributed by atoms with Crippen LogP contribution in [-0.4, -0.2) is 16.2 Å². The summed E-state index contributed by atoms with van der Waals surface area (Å²) in [6.07, 6.45) is 0.886. The molecule has 1 unspecified atom stereocenters. The van der Waals surface area contributed by atoms with Crippen LogP contribution in [-0.2, 0) is 6.42 Å². The van der Waals surface area contributed by atoms with Gasteiger partial charge >= 0.3 is 6.03 Å². The highest BCUT2D eigenvalue weighted by Gasteiger charge is 2.36. The number of rotatable bonds is 5. The molecule has 2 aromatic heterocycles. The van der Waals surface area contributed by atoms with Gasteiger partial charge in [0.25, 0.3) is 5.89 Å². The Bertz CT molecular complexity index is 1380. The molecule has 4 aromatic rings. The zero-order valence-electron chi connectivity index (χ0n) is 18.4. The van der Waals surface area contributed by atoms with E-state index in [1.54, 1.807) is 6.92 Å². The largest absolute Gasteiger partial charge is 0.334 e. The Hall–Kier alpha value is -3.85. The van der Waals surface area contributed by atoms with Gasteiger partial charge in [0.2, 0.25) is 5.82 Å². The van der Waals surface area contributed by atoms with E-state index in [-0.39, 0.29) is 11.6 Å². The Balaban J connectivity index is 1.65. The van der Waals surface area contributed by atoms with E-state index in [1.807, 2.05) is 41.8 Å². The summed E-state index contributed by atoms with van der Waals surface area (Å²) in [5, 5.41) is 9.00. The maximum absolute atomic E-state index is 14.0. The third-order valence-electron chi connectivity index (χ3n) is 5.77. The molecule has 0 fully saturated rings. The van der Waals surface area contributed by atoms with Crippen LogP contribution < -0.4 is 10.2 Å². The number of benzene rings is 2. The molecule has 1 atom stereocenters. The fourth-order valence-electron chi connectivity index (χ4n) is 3.99. The van der Waals surface area contributed by atoms with Crippen LogP contribution in [0.5, 0.6) is 0 Å². The van der Waals surface area contributed by atoms with E-state index in [0.717, 1.165) is 34.6 Å². The number of anilines is 1. The Kier molecular flexibility index (Phi) is 5.70. The van der Waals surface area contributed by atoms with Crippen LogP contribution in [0.2, 0.25) is 0 Å². The molecule has 9 heteroatoms. The van der Waals surface area contributed by atoms with Gasteiger partial charge in [0.05, 0.1) is 22.2 Å². The number of nitrogens with one attached hydrogen (secondary N) is 1. The predicted octanol–water partition coefficient (Wildman–Crippen LogP) is 6.34. The molecule has 34 heavy (non-hydrogen) atoms. The lowest BCUT2D eigenvalue weighted by atomic mass is 9.93. The fourth-order valence-corrected chi connectivity index (χ4v) is 4.64. The minimum absolute atomic E-state index is 0.184. The van der Waals surface area contributed by atoms with Crippen LogP contribution in [0.15, 0.2) is 70.2 Å². The van der Waals surface area contributed by atoms with E-state index >= 15 is 0 Å². The predicted molar refractivity (Wildman–Crippen MR) is 126 cm³/mol. The first-order chi connectivity index (χ1) is 16.5. The number of urea groups is 1. The molecule has 2 aromatic carbocycles. The van der Waals surface area contributed by atoms with Crippen molar-refractivity contribution in [3.63, 3.8) is 0 Å². The molecular formula is C25H20F2N4O2S. The van der Waals surface area contributed by atoms with Gasteiger partial charge in [0.15, 0.2) is 11.6 Å². The molecule has 0 aliphatic carbocycles. The van der Waals surface area contributed by atoms with Gasteiger partial charge < -0.3 is 9.84 Å². The van der Waals surface area contributed by atoms with Crippen LogP contribution in [0.25, 0.3) is 16.3 Å². The minimum Gasteiger partial charge on any atom is -0.334 e. The third kappa shape index (κ3) is 3.88. The van der Waals surface area contributed by atoms with Crippen LogP contribution in [0.1, 0.15) is 36.9 Å². The Labute approximate surface area is 198 Å². The van der Waals surface area contributed by atoms with Crippen LogP contribution >= 0.6 is 11.3 Å². The zero-order chi connectivity index (χ0) is 23.8. The molecule has 1 aliphatic rings. The molecule has 1 aliphatic heterocycles. The molecule has 0 saturated carbocycles. The third-order valence-corrected chi connectivity index (χ3v) is 6.63. The van der Waals surface area contributed by atoms with Crippen molar-refractivity contribution in [3.05, 3.63) is 94.3 Å². The maximum atomic E-state index is 14.0. The first-order valence-corrected chi connectivity index (χ1v) is 11.6. The number of aromatic nitrogens is 2. The number of allylic oxidation sites excluding steroid dienone is 1. The molecule has 2 amide bonds. The monoisotopic (exact) mass is 478 g/mol. The standard InChI is InChI=1S/C25H20F2N4O2S/c1-3-15-6-8-16(9-7-15)22-21(24-29-23(30-33-24)20-5-4-12-34-20)14(2)31(25(32)28-22)17-10-11-18(26)19(27)13-17/h4-13,22H,3H2,1-2H3,(H,28,32). The second-order valence-electron chi connectivity index (χ2n) is 7.81. The normalized spacial score (nSPS) is 16.2. The van der Waals surface area contributed by atoms with Crippen molar-refractivity contribution in [2.45, 2.75) is 26.3 Å². The molecule has 1 N–H and O–H groups in total. The van der Waals surface area contributed by atoms with Crippen LogP contribution in [0.3, 0.4) is 0 Å². The molecule has 0 radical (unpaired) electrons. The van der Waals surface area contributed by atoms with Crippen molar-refractivity contribution < 1.29 is 18.1 Å². The van der Waals surface area contributed by atoms with Crippen molar-refractivity contribution >= 4 is 28.6 Å². The van der Waals surface area contributed by atoms with Crippen LogP contribution in [0, 0.1) is 11.6 Å². The number of hydrogen-bond acceptors (Lipinski definition) is 5. The van der Waals surface area contributed by atoms with Gasteiger partial charge in [-0.1, -0.05) is 42.4 Å². The lowest BCUT2D eigenvalue weighted by Crippen LogP contribution is -2.46. The fraction of sp³-hybridized carbons (Fsp3) is 0.160.